The van der Waals surface area contributed by atoms with Crippen LogP contribution in [0.2, 0.25) is 0 Å². The molecule has 0 radical (unpaired) electrons. The van der Waals surface area contributed by atoms with Crippen LogP contribution in [0, 0.1) is 24.7 Å². The summed E-state index contributed by atoms with van der Waals surface area (Å²) in [5, 5.41) is 2.28. The molecule has 0 saturated carbocycles. The molecule has 0 aromatic heterocycles. The number of hydrogen-bond acceptors (Lipinski definition) is 1. The zero-order chi connectivity index (χ0) is 12.1. The van der Waals surface area contributed by atoms with Gasteiger partial charge in [-0.15, -0.1) is 18.8 Å². The summed E-state index contributed by atoms with van der Waals surface area (Å²) in [6.45, 7) is 0.260. The molecular weight excluding hydrogens is 208 g/mol. The van der Waals surface area contributed by atoms with E-state index >= 15 is 0 Å². The Kier molecular flexibility index (Phi) is 3.34. The van der Waals surface area contributed by atoms with Gasteiger partial charge in [-0.2, -0.15) is 0 Å². The molecule has 2 rings (SSSR count). The summed E-state index contributed by atoms with van der Waals surface area (Å²) >= 11 is 0. The maximum Gasteiger partial charge on any atom is 0.148 e. The smallest absolute Gasteiger partial charge is 0.148 e. The molecule has 0 heterocycles. The van der Waals surface area contributed by atoms with E-state index in [0.717, 1.165) is 22.1 Å². The molecule has 1 heteroatoms. The van der Waals surface area contributed by atoms with Crippen LogP contribution in [0.25, 0.3) is 10.8 Å². The number of terminal acetylenes is 2. The fraction of sp³-hybridized carbons (Fsp3) is 0.125. The Labute approximate surface area is 101 Å². The maximum atomic E-state index is 5.52. The molecule has 82 valence electrons. The van der Waals surface area contributed by atoms with Gasteiger partial charge < -0.3 is 4.74 Å². The fourth-order valence-electron chi connectivity index (χ4n) is 1.86. The first kappa shape index (κ1) is 11.1. The van der Waals surface area contributed by atoms with Gasteiger partial charge in [0.1, 0.15) is 12.4 Å². The lowest BCUT2D eigenvalue weighted by Gasteiger charge is -2.11. The first-order chi connectivity index (χ1) is 8.36. The van der Waals surface area contributed by atoms with Crippen molar-refractivity contribution in [1.29, 1.82) is 0 Å². The summed E-state index contributed by atoms with van der Waals surface area (Å²) in [7, 11) is 0. The van der Waals surface area contributed by atoms with Gasteiger partial charge in [0.2, 0.25) is 0 Å². The number of rotatable bonds is 3. The van der Waals surface area contributed by atoms with E-state index in [1.807, 2.05) is 30.3 Å². The topological polar surface area (TPSA) is 9.23 Å². The Hall–Kier alpha value is -2.38. The van der Waals surface area contributed by atoms with Crippen LogP contribution in [-0.4, -0.2) is 6.61 Å². The van der Waals surface area contributed by atoms with Crippen LogP contribution in [0.3, 0.4) is 0 Å². The van der Waals surface area contributed by atoms with E-state index in [1.54, 1.807) is 0 Å². The van der Waals surface area contributed by atoms with Crippen molar-refractivity contribution in [1.82, 2.24) is 0 Å². The fourth-order valence-corrected chi connectivity index (χ4v) is 1.86. The molecule has 0 aliphatic heterocycles. The Balaban J connectivity index is 2.57. The van der Waals surface area contributed by atoms with Crippen LogP contribution in [0.4, 0.5) is 0 Å². The molecule has 0 spiro atoms. The highest BCUT2D eigenvalue weighted by Gasteiger charge is 2.07. The van der Waals surface area contributed by atoms with Crippen LogP contribution in [0.15, 0.2) is 36.4 Å². The normalized spacial score (nSPS) is 9.53. The van der Waals surface area contributed by atoms with Gasteiger partial charge in [0.05, 0.1) is 0 Å². The standard InChI is InChI=1S/C16H12O/c1-3-7-15-14-9-6-5-8-13(14)10-11-16(15)17-12-4-2/h1-2,5-6,8-11H,7,12H2. The van der Waals surface area contributed by atoms with E-state index in [0.29, 0.717) is 6.42 Å². The second kappa shape index (κ2) is 5.10. The maximum absolute atomic E-state index is 5.52. The molecule has 0 saturated heterocycles. The Bertz CT molecular complexity index is 611. The van der Waals surface area contributed by atoms with Gasteiger partial charge in [0, 0.05) is 12.0 Å². The van der Waals surface area contributed by atoms with Crippen LogP contribution >= 0.6 is 0 Å². The molecule has 0 atom stereocenters. The highest BCUT2D eigenvalue weighted by molar-refractivity contribution is 5.88. The third-order valence-electron chi connectivity index (χ3n) is 2.59. The Morgan fingerprint density at radius 3 is 2.59 bits per heavy atom. The molecule has 0 aliphatic carbocycles. The minimum atomic E-state index is 0.260. The molecule has 0 N–H and O–H groups in total. The molecule has 2 aromatic rings. The predicted molar refractivity (Wildman–Crippen MR) is 70.8 cm³/mol. The van der Waals surface area contributed by atoms with Crippen molar-refractivity contribution in [2.24, 2.45) is 0 Å². The van der Waals surface area contributed by atoms with Crippen molar-refractivity contribution in [3.05, 3.63) is 42.0 Å². The number of hydrogen-bond donors (Lipinski definition) is 0. The van der Waals surface area contributed by atoms with Gasteiger partial charge in [-0.3, -0.25) is 0 Å². The molecule has 17 heavy (non-hydrogen) atoms. The molecule has 0 amide bonds. The summed E-state index contributed by atoms with van der Waals surface area (Å²) < 4.78 is 5.52. The van der Waals surface area contributed by atoms with Crippen molar-refractivity contribution < 1.29 is 4.74 Å². The predicted octanol–water partition coefficient (Wildman–Crippen LogP) is 3.03. The van der Waals surface area contributed by atoms with Crippen LogP contribution in [-0.2, 0) is 6.42 Å². The number of ether oxygens (including phenoxy) is 1. The Morgan fingerprint density at radius 2 is 1.82 bits per heavy atom. The third-order valence-corrected chi connectivity index (χ3v) is 2.59. The zero-order valence-corrected chi connectivity index (χ0v) is 9.44. The Morgan fingerprint density at radius 1 is 1.00 bits per heavy atom. The van der Waals surface area contributed by atoms with Gasteiger partial charge in [-0.05, 0) is 16.8 Å². The lowest BCUT2D eigenvalue weighted by molar-refractivity contribution is 0.368. The highest BCUT2D eigenvalue weighted by Crippen LogP contribution is 2.28. The zero-order valence-electron chi connectivity index (χ0n) is 9.44. The minimum Gasteiger partial charge on any atom is -0.481 e. The van der Waals surface area contributed by atoms with Gasteiger partial charge in [-0.1, -0.05) is 36.3 Å². The monoisotopic (exact) mass is 220 g/mol. The van der Waals surface area contributed by atoms with E-state index < -0.39 is 0 Å². The lowest BCUT2D eigenvalue weighted by Crippen LogP contribution is -1.98. The van der Waals surface area contributed by atoms with E-state index in [9.17, 15) is 0 Å². The average molecular weight is 220 g/mol. The summed E-state index contributed by atoms with van der Waals surface area (Å²) in [4.78, 5) is 0. The van der Waals surface area contributed by atoms with Crippen molar-refractivity contribution >= 4 is 10.8 Å². The SMILES string of the molecule is C#CCOc1ccc2ccccc2c1CC#C. The van der Waals surface area contributed by atoms with Crippen LogP contribution in [0.5, 0.6) is 5.75 Å². The molecule has 2 aromatic carbocycles. The highest BCUT2D eigenvalue weighted by atomic mass is 16.5. The molecular formula is C16H12O. The van der Waals surface area contributed by atoms with Gasteiger partial charge in [-0.25, -0.2) is 0 Å². The summed E-state index contributed by atoms with van der Waals surface area (Å²) in [5.41, 5.74) is 1.03. The van der Waals surface area contributed by atoms with Crippen molar-refractivity contribution in [2.45, 2.75) is 6.42 Å². The number of fused-ring (bicyclic) bond motifs is 1. The van der Waals surface area contributed by atoms with E-state index in [1.165, 1.54) is 0 Å². The first-order valence-electron chi connectivity index (χ1n) is 5.37. The largest absolute Gasteiger partial charge is 0.481 e. The second-order valence-corrected chi connectivity index (χ2v) is 3.64. The summed E-state index contributed by atoms with van der Waals surface area (Å²) in [6, 6.07) is 12.0. The van der Waals surface area contributed by atoms with Crippen molar-refractivity contribution in [3.63, 3.8) is 0 Å². The first-order valence-corrected chi connectivity index (χ1v) is 5.37. The molecule has 0 unspecified atom stereocenters. The van der Waals surface area contributed by atoms with E-state index in [-0.39, 0.29) is 6.61 Å². The van der Waals surface area contributed by atoms with E-state index in [4.69, 9.17) is 17.6 Å². The molecule has 0 bridgehead atoms. The van der Waals surface area contributed by atoms with E-state index in [2.05, 4.69) is 17.9 Å². The average Bonchev–Trinajstić information content (AvgIpc) is 2.38. The van der Waals surface area contributed by atoms with Gasteiger partial charge in [0.15, 0.2) is 0 Å². The van der Waals surface area contributed by atoms with Gasteiger partial charge >= 0.3 is 0 Å². The van der Waals surface area contributed by atoms with Gasteiger partial charge in [0.25, 0.3) is 0 Å². The van der Waals surface area contributed by atoms with Crippen molar-refractivity contribution in [2.75, 3.05) is 6.61 Å². The molecule has 0 aliphatic rings. The van der Waals surface area contributed by atoms with Crippen molar-refractivity contribution in [3.8, 4) is 30.4 Å². The second-order valence-electron chi connectivity index (χ2n) is 3.64. The summed E-state index contributed by atoms with van der Waals surface area (Å²) in [6.07, 6.45) is 11.1. The molecule has 1 nitrogen and oxygen atoms in total. The number of benzene rings is 2. The quantitative estimate of drug-likeness (QED) is 0.722. The summed E-state index contributed by atoms with van der Waals surface area (Å²) in [5.74, 6) is 5.90. The van der Waals surface area contributed by atoms with Crippen LogP contribution < -0.4 is 4.74 Å². The lowest BCUT2D eigenvalue weighted by atomic mass is 10.0. The van der Waals surface area contributed by atoms with Crippen LogP contribution in [0.1, 0.15) is 5.56 Å². The third kappa shape index (κ3) is 2.25. The minimum absolute atomic E-state index is 0.260. The molecule has 0 fully saturated rings.